The van der Waals surface area contributed by atoms with E-state index in [9.17, 15) is 23.1 Å². The number of piperazine rings is 1. The van der Waals surface area contributed by atoms with Crippen molar-refractivity contribution in [3.05, 3.63) is 58.0 Å². The first-order valence-electron chi connectivity index (χ1n) is 9.97. The van der Waals surface area contributed by atoms with Crippen LogP contribution >= 0.6 is 0 Å². The number of phenols is 1. The predicted octanol–water partition coefficient (Wildman–Crippen LogP) is 2.67. The van der Waals surface area contributed by atoms with Gasteiger partial charge in [-0.05, 0) is 43.8 Å². The largest absolute Gasteiger partial charge is 0.506 e. The number of rotatable bonds is 7. The van der Waals surface area contributed by atoms with Crippen LogP contribution in [0.25, 0.3) is 0 Å². The molecule has 0 saturated carbocycles. The molecule has 0 spiro atoms. The van der Waals surface area contributed by atoms with E-state index in [0.717, 1.165) is 62.0 Å². The molecule has 3 rings (SSSR count). The molecule has 1 aliphatic rings. The topological polar surface area (TPSA) is 60.7 Å². The Morgan fingerprint density at radius 2 is 1.83 bits per heavy atom. The molecule has 0 radical (unpaired) electrons. The van der Waals surface area contributed by atoms with Gasteiger partial charge in [-0.2, -0.15) is 13.2 Å². The Morgan fingerprint density at radius 1 is 1.10 bits per heavy atom. The highest BCUT2D eigenvalue weighted by atomic mass is 19.4. The quantitative estimate of drug-likeness (QED) is 0.529. The van der Waals surface area contributed by atoms with Gasteiger partial charge in [-0.1, -0.05) is 6.07 Å². The summed E-state index contributed by atoms with van der Waals surface area (Å²) >= 11 is 0. The number of nitrogens with one attached hydrogen (secondary N) is 1. The lowest BCUT2D eigenvalue weighted by Gasteiger charge is -2.32. The summed E-state index contributed by atoms with van der Waals surface area (Å²) in [5.74, 6) is 0.00659. The van der Waals surface area contributed by atoms with Crippen molar-refractivity contribution in [1.29, 1.82) is 0 Å². The highest BCUT2D eigenvalue weighted by Gasteiger charge is 2.31. The van der Waals surface area contributed by atoms with Gasteiger partial charge in [0.15, 0.2) is 0 Å². The Hall–Kier alpha value is -2.52. The first-order chi connectivity index (χ1) is 14.2. The first-order valence-corrected chi connectivity index (χ1v) is 9.97. The molecule has 1 saturated heterocycles. The smallest absolute Gasteiger partial charge is 0.417 e. The van der Waals surface area contributed by atoms with Crippen LogP contribution in [0, 0.1) is 0 Å². The molecule has 0 amide bonds. The van der Waals surface area contributed by atoms with E-state index < -0.39 is 17.3 Å². The van der Waals surface area contributed by atoms with Gasteiger partial charge >= 0.3 is 6.18 Å². The second-order valence-electron chi connectivity index (χ2n) is 7.66. The fourth-order valence-corrected chi connectivity index (χ4v) is 3.44. The number of phenolic OH excluding ortho intramolecular Hbond substituents is 1. The molecular weight excluding hydrogens is 397 g/mol. The van der Waals surface area contributed by atoms with Gasteiger partial charge in [0, 0.05) is 45.0 Å². The monoisotopic (exact) mass is 424 g/mol. The number of anilines is 1. The zero-order valence-corrected chi connectivity index (χ0v) is 17.0. The summed E-state index contributed by atoms with van der Waals surface area (Å²) in [5, 5.41) is 13.4. The van der Waals surface area contributed by atoms with E-state index in [4.69, 9.17) is 0 Å². The van der Waals surface area contributed by atoms with Crippen molar-refractivity contribution in [1.82, 2.24) is 14.4 Å². The fraction of sp³-hybridized carbons (Fsp3) is 0.476. The second-order valence-corrected chi connectivity index (χ2v) is 7.66. The number of nitrogens with zero attached hydrogens (tertiary/aromatic N) is 3. The number of hydrogen-bond acceptors (Lipinski definition) is 5. The lowest BCUT2D eigenvalue weighted by molar-refractivity contribution is -0.138. The van der Waals surface area contributed by atoms with Crippen LogP contribution in [0.5, 0.6) is 5.75 Å². The molecule has 2 N–H and O–H groups in total. The van der Waals surface area contributed by atoms with Crippen LogP contribution in [0.3, 0.4) is 0 Å². The van der Waals surface area contributed by atoms with Crippen molar-refractivity contribution in [2.24, 2.45) is 0 Å². The van der Waals surface area contributed by atoms with Crippen molar-refractivity contribution < 1.29 is 18.3 Å². The molecule has 164 valence electrons. The number of benzene rings is 1. The van der Waals surface area contributed by atoms with Crippen LogP contribution < -0.4 is 10.9 Å². The summed E-state index contributed by atoms with van der Waals surface area (Å²) in [5.41, 5.74) is -0.316. The molecule has 30 heavy (non-hydrogen) atoms. The minimum Gasteiger partial charge on any atom is -0.506 e. The van der Waals surface area contributed by atoms with Crippen LogP contribution in [-0.2, 0) is 12.7 Å². The van der Waals surface area contributed by atoms with Crippen LogP contribution in [-0.4, -0.2) is 65.8 Å². The third-order valence-electron chi connectivity index (χ3n) is 5.29. The summed E-state index contributed by atoms with van der Waals surface area (Å²) in [6.45, 7) is 5.90. The van der Waals surface area contributed by atoms with Gasteiger partial charge < -0.3 is 24.8 Å². The second kappa shape index (κ2) is 9.53. The summed E-state index contributed by atoms with van der Waals surface area (Å²) in [6.07, 6.45) is -2.79. The molecule has 0 bridgehead atoms. The molecule has 2 heterocycles. The summed E-state index contributed by atoms with van der Waals surface area (Å²) in [4.78, 5) is 16.6. The maximum Gasteiger partial charge on any atom is 0.417 e. The van der Waals surface area contributed by atoms with E-state index >= 15 is 0 Å². The zero-order chi connectivity index (χ0) is 21.7. The maximum atomic E-state index is 12.9. The number of halogens is 3. The van der Waals surface area contributed by atoms with Crippen LogP contribution in [0.4, 0.5) is 18.9 Å². The number of likely N-dealkylation sites (N-methyl/N-ethyl adjacent to an activating group) is 1. The third kappa shape index (κ3) is 5.99. The Morgan fingerprint density at radius 3 is 2.50 bits per heavy atom. The van der Waals surface area contributed by atoms with E-state index in [1.807, 2.05) is 0 Å². The molecule has 0 aliphatic carbocycles. The molecule has 9 heteroatoms. The molecular formula is C21H27F3N4O2. The van der Waals surface area contributed by atoms with Gasteiger partial charge in [-0.15, -0.1) is 0 Å². The average Bonchev–Trinajstić information content (AvgIpc) is 2.69. The van der Waals surface area contributed by atoms with Gasteiger partial charge in [0.05, 0.1) is 17.8 Å². The fourth-order valence-electron chi connectivity index (χ4n) is 3.44. The van der Waals surface area contributed by atoms with Gasteiger partial charge in [0.1, 0.15) is 5.75 Å². The number of hydrogen-bond donors (Lipinski definition) is 2. The van der Waals surface area contributed by atoms with Gasteiger partial charge in [-0.3, -0.25) is 4.79 Å². The zero-order valence-electron chi connectivity index (χ0n) is 17.0. The number of aromatic hydroxyl groups is 1. The predicted molar refractivity (Wildman–Crippen MR) is 110 cm³/mol. The Bertz CT molecular complexity index is 906. The minimum absolute atomic E-state index is 0.00659. The Balaban J connectivity index is 1.55. The van der Waals surface area contributed by atoms with E-state index in [0.29, 0.717) is 17.8 Å². The van der Waals surface area contributed by atoms with Crippen molar-refractivity contribution in [3.8, 4) is 5.75 Å². The van der Waals surface area contributed by atoms with Crippen LogP contribution in [0.1, 0.15) is 17.5 Å². The highest BCUT2D eigenvalue weighted by Crippen LogP contribution is 2.28. The Labute approximate surface area is 173 Å². The summed E-state index contributed by atoms with van der Waals surface area (Å²) < 4.78 is 39.6. The van der Waals surface area contributed by atoms with E-state index in [-0.39, 0.29) is 12.3 Å². The van der Waals surface area contributed by atoms with Crippen molar-refractivity contribution in [3.63, 3.8) is 0 Å². The lowest BCUT2D eigenvalue weighted by atomic mass is 10.1. The van der Waals surface area contributed by atoms with E-state index in [2.05, 4.69) is 22.2 Å². The third-order valence-corrected chi connectivity index (χ3v) is 5.29. The molecule has 0 unspecified atom stereocenters. The van der Waals surface area contributed by atoms with Gasteiger partial charge in [-0.25, -0.2) is 0 Å². The molecule has 1 aromatic heterocycles. The summed E-state index contributed by atoms with van der Waals surface area (Å²) in [7, 11) is 2.12. The SMILES string of the molecule is CN1CCN(CCCNc2ccc(Cn3cc(C(F)(F)F)ccc3=O)cc2O)CC1. The lowest BCUT2D eigenvalue weighted by Crippen LogP contribution is -2.44. The minimum atomic E-state index is -4.52. The van der Waals surface area contributed by atoms with E-state index in [1.54, 1.807) is 12.1 Å². The van der Waals surface area contributed by atoms with Gasteiger partial charge in [0.25, 0.3) is 5.56 Å². The van der Waals surface area contributed by atoms with Crippen molar-refractivity contribution in [2.45, 2.75) is 19.1 Å². The van der Waals surface area contributed by atoms with E-state index in [1.165, 1.54) is 6.07 Å². The molecule has 2 aromatic rings. The Kier molecular flexibility index (Phi) is 7.04. The van der Waals surface area contributed by atoms with Crippen LogP contribution in [0.2, 0.25) is 0 Å². The van der Waals surface area contributed by atoms with Crippen LogP contribution in [0.15, 0.2) is 41.3 Å². The summed E-state index contributed by atoms with van der Waals surface area (Å²) in [6, 6.07) is 6.51. The molecule has 1 aromatic carbocycles. The average molecular weight is 424 g/mol. The molecule has 1 aliphatic heterocycles. The number of alkyl halides is 3. The molecule has 0 atom stereocenters. The standard InChI is InChI=1S/C21H27F3N4O2/c1-26-9-11-27(12-10-26)8-2-7-25-18-5-3-16(13-19(18)29)14-28-15-17(21(22,23)24)4-6-20(28)30/h3-6,13,15,25,29H,2,7-12,14H2,1H3. The highest BCUT2D eigenvalue weighted by molar-refractivity contribution is 5.56. The molecule has 1 fully saturated rings. The number of aromatic nitrogens is 1. The van der Waals surface area contributed by atoms with Crippen molar-refractivity contribution in [2.75, 3.05) is 51.6 Å². The first kappa shape index (κ1) is 22.2. The molecule has 6 nitrogen and oxygen atoms in total. The van der Waals surface area contributed by atoms with Gasteiger partial charge in [0.2, 0.25) is 0 Å². The number of pyridine rings is 1. The normalized spacial score (nSPS) is 16.0. The maximum absolute atomic E-state index is 12.9. The van der Waals surface area contributed by atoms with Crippen molar-refractivity contribution >= 4 is 5.69 Å².